The van der Waals surface area contributed by atoms with Gasteiger partial charge in [-0.05, 0) is 24.3 Å². The Kier molecular flexibility index (Phi) is 3.61. The van der Waals surface area contributed by atoms with Crippen molar-refractivity contribution in [2.45, 2.75) is 15.9 Å². The number of carbonyl (C=O) groups is 1. The summed E-state index contributed by atoms with van der Waals surface area (Å²) in [6, 6.07) is 6.27. The molecular formula is C14H8ClF2NO2S. The lowest BCUT2D eigenvalue weighted by molar-refractivity contribution is -0.123. The Labute approximate surface area is 127 Å². The van der Waals surface area contributed by atoms with E-state index in [-0.39, 0.29) is 9.92 Å². The van der Waals surface area contributed by atoms with Crippen molar-refractivity contribution in [3.63, 3.8) is 0 Å². The van der Waals surface area contributed by atoms with Crippen LogP contribution >= 0.6 is 23.4 Å². The summed E-state index contributed by atoms with van der Waals surface area (Å²) in [5.41, 5.74) is 0.816. The number of hydrogen-bond donors (Lipinski definition) is 2. The second-order valence-electron chi connectivity index (χ2n) is 4.44. The van der Waals surface area contributed by atoms with Gasteiger partial charge in [0.25, 0.3) is 5.91 Å². The van der Waals surface area contributed by atoms with Gasteiger partial charge in [-0.3, -0.25) is 4.79 Å². The van der Waals surface area contributed by atoms with Crippen molar-refractivity contribution in [3.05, 3.63) is 52.6 Å². The van der Waals surface area contributed by atoms with E-state index in [1.54, 1.807) is 6.07 Å². The van der Waals surface area contributed by atoms with Gasteiger partial charge in [0.1, 0.15) is 11.6 Å². The van der Waals surface area contributed by atoms with E-state index in [1.165, 1.54) is 12.1 Å². The Morgan fingerprint density at radius 1 is 1.19 bits per heavy atom. The van der Waals surface area contributed by atoms with Crippen LogP contribution in [0, 0.1) is 11.6 Å². The number of amides is 1. The van der Waals surface area contributed by atoms with Crippen molar-refractivity contribution in [2.24, 2.45) is 0 Å². The minimum Gasteiger partial charge on any atom is -0.378 e. The quantitative estimate of drug-likeness (QED) is 0.883. The van der Waals surface area contributed by atoms with Crippen LogP contribution in [0.2, 0.25) is 5.02 Å². The van der Waals surface area contributed by atoms with Gasteiger partial charge in [-0.25, -0.2) is 8.78 Å². The summed E-state index contributed by atoms with van der Waals surface area (Å²) in [4.78, 5) is 12.1. The van der Waals surface area contributed by atoms with Gasteiger partial charge in [-0.2, -0.15) is 0 Å². The smallest absolute Gasteiger partial charge is 0.257 e. The van der Waals surface area contributed by atoms with E-state index in [1.807, 2.05) is 0 Å². The molecule has 0 saturated carbocycles. The first-order valence-electron chi connectivity index (χ1n) is 5.91. The summed E-state index contributed by atoms with van der Waals surface area (Å²) in [5, 5.41) is 12.4. The van der Waals surface area contributed by atoms with Gasteiger partial charge in [-0.15, -0.1) is 0 Å². The van der Waals surface area contributed by atoms with Crippen LogP contribution in [0.15, 0.2) is 40.1 Å². The van der Waals surface area contributed by atoms with Crippen molar-refractivity contribution in [3.8, 4) is 0 Å². The van der Waals surface area contributed by atoms with Gasteiger partial charge >= 0.3 is 0 Å². The molecule has 1 aliphatic heterocycles. The first kappa shape index (κ1) is 14.3. The molecule has 108 valence electrons. The molecule has 1 unspecified atom stereocenters. The topological polar surface area (TPSA) is 49.3 Å². The minimum absolute atomic E-state index is 0.211. The summed E-state index contributed by atoms with van der Waals surface area (Å²) in [6.45, 7) is 0. The van der Waals surface area contributed by atoms with Gasteiger partial charge in [-0.1, -0.05) is 23.4 Å². The Morgan fingerprint density at radius 2 is 1.95 bits per heavy atom. The molecule has 1 amide bonds. The summed E-state index contributed by atoms with van der Waals surface area (Å²) in [5.74, 6) is -1.89. The van der Waals surface area contributed by atoms with Gasteiger partial charge in [0.15, 0.2) is 6.10 Å². The van der Waals surface area contributed by atoms with Crippen LogP contribution in [-0.2, 0) is 4.79 Å². The zero-order valence-corrected chi connectivity index (χ0v) is 11.9. The minimum atomic E-state index is -1.25. The van der Waals surface area contributed by atoms with Gasteiger partial charge in [0.05, 0.1) is 5.02 Å². The second-order valence-corrected chi connectivity index (χ2v) is 5.93. The summed E-state index contributed by atoms with van der Waals surface area (Å²) < 4.78 is 26.5. The molecule has 2 N–H and O–H groups in total. The molecule has 0 saturated heterocycles. The second kappa shape index (κ2) is 5.29. The van der Waals surface area contributed by atoms with Crippen LogP contribution in [0.25, 0.3) is 0 Å². The molecule has 1 aliphatic rings. The predicted octanol–water partition coefficient (Wildman–Crippen LogP) is 3.75. The highest BCUT2D eigenvalue weighted by Crippen LogP contribution is 2.41. The first-order chi connectivity index (χ1) is 9.95. The Bertz CT molecular complexity index is 754. The zero-order valence-electron chi connectivity index (χ0n) is 10.4. The number of halogens is 3. The van der Waals surface area contributed by atoms with E-state index in [4.69, 9.17) is 11.6 Å². The van der Waals surface area contributed by atoms with E-state index in [2.05, 4.69) is 5.32 Å². The Morgan fingerprint density at radius 3 is 2.67 bits per heavy atom. The lowest BCUT2D eigenvalue weighted by Gasteiger charge is -2.08. The molecule has 1 heterocycles. The highest BCUT2D eigenvalue weighted by molar-refractivity contribution is 7.99. The third kappa shape index (κ3) is 2.62. The molecule has 2 aromatic rings. The maximum absolute atomic E-state index is 13.7. The van der Waals surface area contributed by atoms with Crippen LogP contribution in [0.5, 0.6) is 0 Å². The Balaban J connectivity index is 1.97. The van der Waals surface area contributed by atoms with Crippen LogP contribution in [0.3, 0.4) is 0 Å². The summed E-state index contributed by atoms with van der Waals surface area (Å²) >= 11 is 7.10. The number of aliphatic hydroxyl groups excluding tert-OH is 1. The fourth-order valence-electron chi connectivity index (χ4n) is 2.00. The molecular weight excluding hydrogens is 320 g/mol. The normalized spacial score (nSPS) is 16.8. The molecule has 3 rings (SSSR count). The van der Waals surface area contributed by atoms with E-state index in [0.717, 1.165) is 23.9 Å². The third-order valence-corrected chi connectivity index (χ3v) is 4.55. The number of nitrogens with one attached hydrogen (secondary N) is 1. The number of carbonyl (C=O) groups excluding carboxylic acids is 1. The van der Waals surface area contributed by atoms with E-state index >= 15 is 0 Å². The van der Waals surface area contributed by atoms with Gasteiger partial charge in [0, 0.05) is 27.1 Å². The Hall–Kier alpha value is -1.63. The number of anilines is 1. The monoisotopic (exact) mass is 327 g/mol. The molecule has 0 spiro atoms. The molecule has 7 heteroatoms. The summed E-state index contributed by atoms with van der Waals surface area (Å²) in [7, 11) is 0. The maximum Gasteiger partial charge on any atom is 0.257 e. The van der Waals surface area contributed by atoms with E-state index in [0.29, 0.717) is 16.1 Å². The fourth-order valence-corrected chi connectivity index (χ4v) is 3.15. The molecule has 0 aliphatic carbocycles. The lowest BCUT2D eigenvalue weighted by Crippen LogP contribution is -2.10. The van der Waals surface area contributed by atoms with Crippen molar-refractivity contribution in [2.75, 3.05) is 5.32 Å². The number of hydrogen-bond acceptors (Lipinski definition) is 3. The van der Waals surface area contributed by atoms with Crippen LogP contribution in [0.4, 0.5) is 14.5 Å². The van der Waals surface area contributed by atoms with Crippen molar-refractivity contribution < 1.29 is 18.7 Å². The molecule has 2 aromatic carbocycles. The van der Waals surface area contributed by atoms with Crippen molar-refractivity contribution >= 4 is 35.0 Å². The summed E-state index contributed by atoms with van der Waals surface area (Å²) in [6.07, 6.45) is -1.25. The molecule has 0 radical (unpaired) electrons. The van der Waals surface area contributed by atoms with Gasteiger partial charge in [0.2, 0.25) is 0 Å². The van der Waals surface area contributed by atoms with Gasteiger partial charge < -0.3 is 10.4 Å². The molecule has 0 aromatic heterocycles. The number of benzene rings is 2. The highest BCUT2D eigenvalue weighted by Gasteiger charge is 2.29. The third-order valence-electron chi connectivity index (χ3n) is 3.02. The first-order valence-corrected chi connectivity index (χ1v) is 7.10. The lowest BCUT2D eigenvalue weighted by atomic mass is 10.1. The van der Waals surface area contributed by atoms with E-state index in [9.17, 15) is 18.7 Å². The SMILES string of the molecule is O=C1Nc2cc(Sc3ccc(F)cc3F)c(Cl)cc2C1O. The molecule has 3 nitrogen and oxygen atoms in total. The molecule has 1 atom stereocenters. The fraction of sp³-hybridized carbons (Fsp3) is 0.0714. The molecule has 21 heavy (non-hydrogen) atoms. The van der Waals surface area contributed by atoms with Crippen LogP contribution in [-0.4, -0.2) is 11.0 Å². The molecule has 0 fully saturated rings. The maximum atomic E-state index is 13.7. The average molecular weight is 328 g/mol. The van der Waals surface area contributed by atoms with E-state index < -0.39 is 23.6 Å². The van der Waals surface area contributed by atoms with Crippen LogP contribution in [0.1, 0.15) is 11.7 Å². The number of fused-ring (bicyclic) bond motifs is 1. The molecule has 0 bridgehead atoms. The highest BCUT2D eigenvalue weighted by atomic mass is 35.5. The predicted molar refractivity (Wildman–Crippen MR) is 75.5 cm³/mol. The van der Waals surface area contributed by atoms with Crippen LogP contribution < -0.4 is 5.32 Å². The van der Waals surface area contributed by atoms with Crippen molar-refractivity contribution in [1.82, 2.24) is 0 Å². The standard InChI is InChI=1S/C14H8ClF2NO2S/c15-8-4-7-10(18-14(20)13(7)19)5-12(8)21-11-2-1-6(16)3-9(11)17/h1-5,13,19H,(H,18,20). The van der Waals surface area contributed by atoms with Crippen molar-refractivity contribution in [1.29, 1.82) is 0 Å². The largest absolute Gasteiger partial charge is 0.378 e. The zero-order chi connectivity index (χ0) is 15.1. The number of rotatable bonds is 2. The average Bonchev–Trinajstić information content (AvgIpc) is 2.69. The number of aliphatic hydroxyl groups is 1.